The number of pyridine rings is 1. The molecule has 0 aliphatic carbocycles. The topological polar surface area (TPSA) is 59.2 Å². The summed E-state index contributed by atoms with van der Waals surface area (Å²) in [6.45, 7) is 4.07. The number of amides is 1. The maximum atomic E-state index is 12.3. The zero-order valence-corrected chi connectivity index (χ0v) is 12.1. The van der Waals surface area contributed by atoms with Gasteiger partial charge in [-0.3, -0.25) is 4.79 Å². The van der Waals surface area contributed by atoms with Crippen molar-refractivity contribution in [2.24, 2.45) is 0 Å². The summed E-state index contributed by atoms with van der Waals surface area (Å²) < 4.78 is 0. The van der Waals surface area contributed by atoms with Gasteiger partial charge in [0.25, 0.3) is 0 Å². The lowest BCUT2D eigenvalue weighted by Gasteiger charge is -2.17. The number of hydrogen-bond acceptors (Lipinski definition) is 3. The number of nitrogens with zero attached hydrogens (tertiary/aromatic N) is 2. The standard InChI is InChI=1S/C16H19N3O/c1-11-4-5-13(12(2)8-11)9-16(20)19(3)14-6-7-15(17)18-10-14/h4-8,10H,9H2,1-3H3,(H2,17,18). The van der Waals surface area contributed by atoms with Gasteiger partial charge in [0.1, 0.15) is 5.82 Å². The van der Waals surface area contributed by atoms with E-state index in [-0.39, 0.29) is 5.91 Å². The zero-order chi connectivity index (χ0) is 14.7. The van der Waals surface area contributed by atoms with E-state index in [1.165, 1.54) is 5.56 Å². The van der Waals surface area contributed by atoms with Crippen LogP contribution < -0.4 is 10.6 Å². The summed E-state index contributed by atoms with van der Waals surface area (Å²) in [4.78, 5) is 17.9. The number of hydrogen-bond donors (Lipinski definition) is 1. The lowest BCUT2D eigenvalue weighted by molar-refractivity contribution is -0.117. The van der Waals surface area contributed by atoms with Crippen LogP contribution in [0.15, 0.2) is 36.5 Å². The first-order valence-electron chi connectivity index (χ1n) is 6.51. The van der Waals surface area contributed by atoms with Gasteiger partial charge in [0, 0.05) is 7.05 Å². The van der Waals surface area contributed by atoms with E-state index in [9.17, 15) is 4.79 Å². The van der Waals surface area contributed by atoms with Crippen LogP contribution in [0.5, 0.6) is 0 Å². The minimum absolute atomic E-state index is 0.0310. The molecule has 0 saturated heterocycles. The third kappa shape index (κ3) is 3.15. The molecule has 1 heterocycles. The fourth-order valence-electron chi connectivity index (χ4n) is 2.07. The van der Waals surface area contributed by atoms with Crippen LogP contribution in [0.1, 0.15) is 16.7 Å². The molecule has 0 spiro atoms. The molecule has 2 rings (SSSR count). The first kappa shape index (κ1) is 14.1. The van der Waals surface area contributed by atoms with E-state index in [0.29, 0.717) is 12.2 Å². The van der Waals surface area contributed by atoms with Crippen molar-refractivity contribution >= 4 is 17.4 Å². The van der Waals surface area contributed by atoms with E-state index in [0.717, 1.165) is 16.8 Å². The Morgan fingerprint density at radius 1 is 1.25 bits per heavy atom. The van der Waals surface area contributed by atoms with E-state index in [2.05, 4.69) is 11.1 Å². The van der Waals surface area contributed by atoms with Gasteiger partial charge in [-0.2, -0.15) is 0 Å². The predicted octanol–water partition coefficient (Wildman–Crippen LogP) is 2.49. The largest absolute Gasteiger partial charge is 0.384 e. The molecule has 0 fully saturated rings. The van der Waals surface area contributed by atoms with Gasteiger partial charge < -0.3 is 10.6 Å². The number of aromatic nitrogens is 1. The third-order valence-corrected chi connectivity index (χ3v) is 3.37. The SMILES string of the molecule is Cc1ccc(CC(=O)N(C)c2ccc(N)nc2)c(C)c1. The molecule has 0 saturated carbocycles. The Labute approximate surface area is 119 Å². The number of carbonyl (C=O) groups excluding carboxylic acids is 1. The smallest absolute Gasteiger partial charge is 0.231 e. The molecule has 20 heavy (non-hydrogen) atoms. The fourth-order valence-corrected chi connectivity index (χ4v) is 2.07. The van der Waals surface area contributed by atoms with Gasteiger partial charge in [0.15, 0.2) is 0 Å². The Hall–Kier alpha value is -2.36. The average molecular weight is 269 g/mol. The molecule has 1 aromatic carbocycles. The van der Waals surface area contributed by atoms with Crippen molar-refractivity contribution in [1.82, 2.24) is 4.98 Å². The highest BCUT2D eigenvalue weighted by Gasteiger charge is 2.13. The molecule has 1 amide bonds. The molecule has 0 aliphatic rings. The number of rotatable bonds is 3. The Morgan fingerprint density at radius 2 is 2.00 bits per heavy atom. The number of likely N-dealkylation sites (N-methyl/N-ethyl adjacent to an activating group) is 1. The molecular weight excluding hydrogens is 250 g/mol. The normalized spacial score (nSPS) is 10.3. The second kappa shape index (κ2) is 5.74. The Kier molecular flexibility index (Phi) is 4.03. The highest BCUT2D eigenvalue weighted by molar-refractivity contribution is 5.94. The van der Waals surface area contributed by atoms with Crippen LogP contribution in [-0.4, -0.2) is 17.9 Å². The molecule has 104 valence electrons. The van der Waals surface area contributed by atoms with Crippen LogP contribution in [0, 0.1) is 13.8 Å². The van der Waals surface area contributed by atoms with Crippen LogP contribution in [0.2, 0.25) is 0 Å². The minimum atomic E-state index is 0.0310. The maximum absolute atomic E-state index is 12.3. The highest BCUT2D eigenvalue weighted by Crippen LogP contribution is 2.16. The summed E-state index contributed by atoms with van der Waals surface area (Å²) in [6, 6.07) is 9.61. The third-order valence-electron chi connectivity index (χ3n) is 3.37. The van der Waals surface area contributed by atoms with Crippen LogP contribution in [0.3, 0.4) is 0 Å². The molecular formula is C16H19N3O. The van der Waals surface area contributed by atoms with Gasteiger partial charge in [-0.05, 0) is 37.1 Å². The van der Waals surface area contributed by atoms with Crippen molar-refractivity contribution in [1.29, 1.82) is 0 Å². The Bertz CT molecular complexity index is 620. The van der Waals surface area contributed by atoms with Crippen LogP contribution in [-0.2, 0) is 11.2 Å². The summed E-state index contributed by atoms with van der Waals surface area (Å²) in [6.07, 6.45) is 1.99. The Morgan fingerprint density at radius 3 is 2.60 bits per heavy atom. The minimum Gasteiger partial charge on any atom is -0.384 e. The van der Waals surface area contributed by atoms with E-state index >= 15 is 0 Å². The van der Waals surface area contributed by atoms with Crippen molar-refractivity contribution in [2.75, 3.05) is 17.7 Å². The van der Waals surface area contributed by atoms with Crippen LogP contribution in [0.4, 0.5) is 11.5 Å². The monoisotopic (exact) mass is 269 g/mol. The number of aryl methyl sites for hydroxylation is 2. The molecule has 2 N–H and O–H groups in total. The number of carbonyl (C=O) groups is 1. The van der Waals surface area contributed by atoms with Crippen molar-refractivity contribution < 1.29 is 4.79 Å². The summed E-state index contributed by atoms with van der Waals surface area (Å²) in [7, 11) is 1.75. The molecule has 2 aromatic rings. The van der Waals surface area contributed by atoms with Crippen LogP contribution in [0.25, 0.3) is 0 Å². The van der Waals surface area contributed by atoms with Crippen molar-refractivity contribution in [3.63, 3.8) is 0 Å². The van der Waals surface area contributed by atoms with Crippen molar-refractivity contribution in [3.05, 3.63) is 53.2 Å². The van der Waals surface area contributed by atoms with Crippen molar-refractivity contribution in [3.8, 4) is 0 Å². The maximum Gasteiger partial charge on any atom is 0.231 e. The summed E-state index contributed by atoms with van der Waals surface area (Å²) >= 11 is 0. The highest BCUT2D eigenvalue weighted by atomic mass is 16.2. The molecule has 0 atom stereocenters. The van der Waals surface area contributed by atoms with E-state index in [1.807, 2.05) is 26.0 Å². The number of nitrogens with two attached hydrogens (primary N) is 1. The van der Waals surface area contributed by atoms with Crippen LogP contribution >= 0.6 is 0 Å². The lowest BCUT2D eigenvalue weighted by Crippen LogP contribution is -2.28. The first-order chi connectivity index (χ1) is 9.47. The summed E-state index contributed by atoms with van der Waals surface area (Å²) in [5, 5.41) is 0. The van der Waals surface area contributed by atoms with Crippen molar-refractivity contribution in [2.45, 2.75) is 20.3 Å². The van der Waals surface area contributed by atoms with Gasteiger partial charge in [0.05, 0.1) is 18.3 Å². The van der Waals surface area contributed by atoms with Gasteiger partial charge in [0.2, 0.25) is 5.91 Å². The van der Waals surface area contributed by atoms with Gasteiger partial charge in [-0.15, -0.1) is 0 Å². The fraction of sp³-hybridized carbons (Fsp3) is 0.250. The van der Waals surface area contributed by atoms with E-state index in [4.69, 9.17) is 5.73 Å². The molecule has 0 aliphatic heterocycles. The van der Waals surface area contributed by atoms with Gasteiger partial charge in [-0.25, -0.2) is 4.98 Å². The number of benzene rings is 1. The Balaban J connectivity index is 2.13. The summed E-state index contributed by atoms with van der Waals surface area (Å²) in [5.74, 6) is 0.479. The predicted molar refractivity (Wildman–Crippen MR) is 81.7 cm³/mol. The van der Waals surface area contributed by atoms with Gasteiger partial charge >= 0.3 is 0 Å². The lowest BCUT2D eigenvalue weighted by atomic mass is 10.0. The molecule has 0 unspecified atom stereocenters. The quantitative estimate of drug-likeness (QED) is 0.931. The zero-order valence-electron chi connectivity index (χ0n) is 12.1. The number of nitrogen functional groups attached to an aromatic ring is 1. The second-order valence-electron chi connectivity index (χ2n) is 5.00. The number of anilines is 2. The van der Waals surface area contributed by atoms with Gasteiger partial charge in [-0.1, -0.05) is 23.8 Å². The summed E-state index contributed by atoms with van der Waals surface area (Å²) in [5.41, 5.74) is 9.69. The average Bonchev–Trinajstić information content (AvgIpc) is 2.42. The van der Waals surface area contributed by atoms with E-state index in [1.54, 1.807) is 30.3 Å². The molecule has 0 bridgehead atoms. The second-order valence-corrected chi connectivity index (χ2v) is 5.00. The molecule has 4 nitrogen and oxygen atoms in total. The first-order valence-corrected chi connectivity index (χ1v) is 6.51. The molecule has 4 heteroatoms. The van der Waals surface area contributed by atoms with E-state index < -0.39 is 0 Å². The molecule has 0 radical (unpaired) electrons. The molecule has 1 aromatic heterocycles.